The highest BCUT2D eigenvalue weighted by Gasteiger charge is 2.76. The summed E-state index contributed by atoms with van der Waals surface area (Å²) in [5.41, 5.74) is 0. The van der Waals surface area contributed by atoms with Crippen molar-refractivity contribution in [3.05, 3.63) is 30.1 Å². The van der Waals surface area contributed by atoms with Crippen LogP contribution in [0.15, 0.2) is 24.3 Å². The zero-order valence-electron chi connectivity index (χ0n) is 10.1. The maximum atomic E-state index is 13.1. The SMILES string of the molecule is O=C([O-])C(F)(F)C(F)(F)C(F)(F)C(=O)Oc1ccc(F)cc1. The summed E-state index contributed by atoms with van der Waals surface area (Å²) >= 11 is 0. The van der Waals surface area contributed by atoms with Gasteiger partial charge in [-0.15, -0.1) is 0 Å². The van der Waals surface area contributed by atoms with Crippen LogP contribution in [0.2, 0.25) is 0 Å². The fourth-order valence-electron chi connectivity index (χ4n) is 1.13. The van der Waals surface area contributed by atoms with Crippen molar-refractivity contribution >= 4 is 11.9 Å². The van der Waals surface area contributed by atoms with E-state index in [0.717, 1.165) is 0 Å². The lowest BCUT2D eigenvalue weighted by Crippen LogP contribution is -2.64. The number of carboxylic acid groups (broad SMARTS) is 1. The monoisotopic (exact) mass is 333 g/mol. The molecule has 0 atom stereocenters. The minimum atomic E-state index is -6.62. The molecule has 1 rings (SSSR count). The molecule has 4 nitrogen and oxygen atoms in total. The van der Waals surface area contributed by atoms with Crippen molar-refractivity contribution in [1.29, 1.82) is 0 Å². The number of ether oxygens (including phenoxy) is 1. The fourth-order valence-corrected chi connectivity index (χ4v) is 1.13. The summed E-state index contributed by atoms with van der Waals surface area (Å²) in [4.78, 5) is 20.8. The fraction of sp³-hybridized carbons (Fsp3) is 0.273. The van der Waals surface area contributed by atoms with E-state index >= 15 is 0 Å². The molecule has 0 fully saturated rings. The van der Waals surface area contributed by atoms with E-state index in [9.17, 15) is 45.4 Å². The van der Waals surface area contributed by atoms with Crippen molar-refractivity contribution in [3.63, 3.8) is 0 Å². The Morgan fingerprint density at radius 1 is 0.909 bits per heavy atom. The molecular formula is C11H4F7O4-. The number of hydrogen-bond donors (Lipinski definition) is 0. The molecule has 0 saturated heterocycles. The van der Waals surface area contributed by atoms with Crippen molar-refractivity contribution in [2.45, 2.75) is 17.8 Å². The van der Waals surface area contributed by atoms with Crippen LogP contribution in [0, 0.1) is 5.82 Å². The largest absolute Gasteiger partial charge is 0.544 e. The number of carboxylic acids is 1. The first-order valence-electron chi connectivity index (χ1n) is 5.16. The molecular weight excluding hydrogens is 329 g/mol. The van der Waals surface area contributed by atoms with Crippen LogP contribution in [0.25, 0.3) is 0 Å². The van der Waals surface area contributed by atoms with E-state index in [2.05, 4.69) is 4.74 Å². The first-order chi connectivity index (χ1) is 9.84. The van der Waals surface area contributed by atoms with Crippen molar-refractivity contribution in [2.24, 2.45) is 0 Å². The lowest BCUT2D eigenvalue weighted by molar-refractivity contribution is -0.365. The van der Waals surface area contributed by atoms with E-state index in [1.807, 2.05) is 0 Å². The van der Waals surface area contributed by atoms with E-state index in [1.165, 1.54) is 0 Å². The van der Waals surface area contributed by atoms with Gasteiger partial charge in [0.05, 0.1) is 0 Å². The Labute approximate surface area is 117 Å². The third kappa shape index (κ3) is 2.83. The van der Waals surface area contributed by atoms with Crippen LogP contribution in [0.1, 0.15) is 0 Å². The molecule has 0 amide bonds. The summed E-state index contributed by atoms with van der Waals surface area (Å²) in [6.07, 6.45) is 0. The Kier molecular flexibility index (Phi) is 4.40. The van der Waals surface area contributed by atoms with Gasteiger partial charge in [-0.3, -0.25) is 0 Å². The topological polar surface area (TPSA) is 66.4 Å². The standard InChI is InChI=1S/C11H5F7O4/c12-5-1-3-6(4-2-5)22-8(21)10(15,16)11(17,18)9(13,14)7(19)20/h1-4H,(H,19,20)/p-1. The number of rotatable bonds is 5. The van der Waals surface area contributed by atoms with Gasteiger partial charge in [-0.1, -0.05) is 0 Å². The van der Waals surface area contributed by atoms with Gasteiger partial charge in [0, 0.05) is 0 Å². The quantitative estimate of drug-likeness (QED) is 0.464. The molecule has 1 aromatic rings. The summed E-state index contributed by atoms with van der Waals surface area (Å²) in [5.74, 6) is -27.8. The third-order valence-corrected chi connectivity index (χ3v) is 2.33. The molecule has 0 N–H and O–H groups in total. The molecule has 0 aliphatic heterocycles. The number of carbonyl (C=O) groups excluding carboxylic acids is 2. The van der Waals surface area contributed by atoms with Crippen LogP contribution >= 0.6 is 0 Å². The average Bonchev–Trinajstić information content (AvgIpc) is 2.40. The highest BCUT2D eigenvalue weighted by molar-refractivity contribution is 5.84. The van der Waals surface area contributed by atoms with Crippen molar-refractivity contribution < 1.29 is 50.2 Å². The minimum Gasteiger partial charge on any atom is -0.544 e. The molecule has 122 valence electrons. The van der Waals surface area contributed by atoms with Crippen molar-refractivity contribution in [2.75, 3.05) is 0 Å². The first kappa shape index (κ1) is 17.7. The zero-order valence-corrected chi connectivity index (χ0v) is 10.1. The van der Waals surface area contributed by atoms with E-state index in [-0.39, 0.29) is 0 Å². The second kappa shape index (κ2) is 5.46. The Balaban J connectivity index is 3.08. The number of benzene rings is 1. The maximum absolute atomic E-state index is 13.1. The van der Waals surface area contributed by atoms with Gasteiger partial charge in [0.15, 0.2) is 0 Å². The van der Waals surface area contributed by atoms with Crippen LogP contribution in [-0.4, -0.2) is 29.7 Å². The molecule has 0 radical (unpaired) electrons. The molecule has 0 heterocycles. The number of carbonyl (C=O) groups is 2. The second-order valence-corrected chi connectivity index (χ2v) is 3.85. The summed E-state index contributed by atoms with van der Waals surface area (Å²) in [6.45, 7) is 0. The van der Waals surface area contributed by atoms with E-state index in [1.54, 1.807) is 0 Å². The molecule has 0 spiro atoms. The predicted molar refractivity (Wildman–Crippen MR) is 51.9 cm³/mol. The van der Waals surface area contributed by atoms with Gasteiger partial charge in [-0.05, 0) is 24.3 Å². The van der Waals surface area contributed by atoms with Crippen molar-refractivity contribution in [1.82, 2.24) is 0 Å². The van der Waals surface area contributed by atoms with Gasteiger partial charge in [-0.2, -0.15) is 26.3 Å². The smallest absolute Gasteiger partial charge is 0.411 e. The van der Waals surface area contributed by atoms with Crippen LogP contribution in [-0.2, 0) is 9.59 Å². The molecule has 0 aromatic heterocycles. The number of aliphatic carboxylic acids is 1. The number of esters is 1. The summed E-state index contributed by atoms with van der Waals surface area (Å²) < 4.78 is 93.7. The molecule has 0 bridgehead atoms. The number of halogens is 7. The first-order valence-corrected chi connectivity index (χ1v) is 5.16. The van der Waals surface area contributed by atoms with Crippen LogP contribution in [0.5, 0.6) is 5.75 Å². The molecule has 1 aromatic carbocycles. The Hall–Kier alpha value is -2.33. The highest BCUT2D eigenvalue weighted by Crippen LogP contribution is 2.46. The molecule has 0 unspecified atom stereocenters. The lowest BCUT2D eigenvalue weighted by atomic mass is 10.0. The molecule has 22 heavy (non-hydrogen) atoms. The Morgan fingerprint density at radius 2 is 1.36 bits per heavy atom. The minimum absolute atomic E-state index is 0.582. The molecule has 0 aliphatic rings. The van der Waals surface area contributed by atoms with Crippen LogP contribution in [0.3, 0.4) is 0 Å². The van der Waals surface area contributed by atoms with E-state index in [4.69, 9.17) is 0 Å². The van der Waals surface area contributed by atoms with Gasteiger partial charge < -0.3 is 14.6 Å². The maximum Gasteiger partial charge on any atom is 0.411 e. The summed E-state index contributed by atoms with van der Waals surface area (Å²) in [7, 11) is 0. The Morgan fingerprint density at radius 3 is 1.77 bits per heavy atom. The lowest BCUT2D eigenvalue weighted by Gasteiger charge is -2.31. The van der Waals surface area contributed by atoms with E-state index in [0.29, 0.717) is 24.3 Å². The second-order valence-electron chi connectivity index (χ2n) is 3.85. The van der Waals surface area contributed by atoms with Gasteiger partial charge >= 0.3 is 23.7 Å². The summed E-state index contributed by atoms with van der Waals surface area (Å²) in [6, 6.07) is 2.38. The molecule has 0 aliphatic carbocycles. The highest BCUT2D eigenvalue weighted by atomic mass is 19.3. The summed E-state index contributed by atoms with van der Waals surface area (Å²) in [5, 5.41) is 9.86. The van der Waals surface area contributed by atoms with Gasteiger partial charge in [-0.25, -0.2) is 9.18 Å². The van der Waals surface area contributed by atoms with Gasteiger partial charge in [0.1, 0.15) is 17.5 Å². The van der Waals surface area contributed by atoms with Crippen molar-refractivity contribution in [3.8, 4) is 5.75 Å². The predicted octanol–water partition coefficient (Wildman–Crippen LogP) is 1.39. The van der Waals surface area contributed by atoms with Crippen LogP contribution < -0.4 is 9.84 Å². The molecule has 11 heteroatoms. The Bertz CT molecular complexity index is 583. The zero-order chi connectivity index (χ0) is 17.3. The van der Waals surface area contributed by atoms with E-state index < -0.39 is 41.3 Å². The third-order valence-electron chi connectivity index (χ3n) is 2.33. The number of alkyl halides is 6. The average molecular weight is 333 g/mol. The normalized spacial score (nSPS) is 12.9. The molecule has 0 saturated carbocycles. The van der Waals surface area contributed by atoms with Gasteiger partial charge in [0.25, 0.3) is 0 Å². The number of hydrogen-bond acceptors (Lipinski definition) is 4. The van der Waals surface area contributed by atoms with Gasteiger partial charge in [0.2, 0.25) is 0 Å². The van der Waals surface area contributed by atoms with Crippen LogP contribution in [0.4, 0.5) is 30.7 Å².